The van der Waals surface area contributed by atoms with Crippen molar-refractivity contribution in [2.45, 2.75) is 26.2 Å². The number of rotatable bonds is 6. The molecule has 0 atom stereocenters. The summed E-state index contributed by atoms with van der Waals surface area (Å²) in [6.45, 7) is 6.43. The van der Waals surface area contributed by atoms with Crippen LogP contribution in [0.4, 0.5) is 4.39 Å². The fraction of sp³-hybridized carbons (Fsp3) is 0.286. The lowest BCUT2D eigenvalue weighted by atomic mass is 9.96. The molecule has 0 bridgehead atoms. The summed E-state index contributed by atoms with van der Waals surface area (Å²) in [5.41, 5.74) is 0.735. The molecular weight excluding hydrogens is 361 g/mol. The van der Waals surface area contributed by atoms with Crippen LogP contribution in [-0.2, 0) is 5.41 Å². The van der Waals surface area contributed by atoms with E-state index in [0.717, 1.165) is 0 Å². The number of hydrogen-bond donors (Lipinski definition) is 1. The predicted octanol–water partition coefficient (Wildman–Crippen LogP) is 3.98. The Morgan fingerprint density at radius 2 is 1.96 bits per heavy atom. The molecular formula is C21H22FN3O3. The van der Waals surface area contributed by atoms with Crippen LogP contribution in [0.15, 0.2) is 53.1 Å². The van der Waals surface area contributed by atoms with Crippen molar-refractivity contribution in [3.8, 4) is 17.2 Å². The molecule has 1 heterocycles. The highest BCUT2D eigenvalue weighted by Gasteiger charge is 2.23. The van der Waals surface area contributed by atoms with Gasteiger partial charge in [-0.05, 0) is 24.3 Å². The SMILES string of the molecule is CC(C)(C)c1noc(-c2ccccc2C(=O)NCCOc2cccc(F)c2)n1. The van der Waals surface area contributed by atoms with Crippen LogP contribution in [0.1, 0.15) is 37.0 Å². The van der Waals surface area contributed by atoms with Gasteiger partial charge in [-0.25, -0.2) is 4.39 Å². The van der Waals surface area contributed by atoms with Gasteiger partial charge in [-0.15, -0.1) is 0 Å². The monoisotopic (exact) mass is 383 g/mol. The van der Waals surface area contributed by atoms with Gasteiger partial charge in [0.15, 0.2) is 5.82 Å². The average molecular weight is 383 g/mol. The quantitative estimate of drug-likeness (QED) is 0.652. The normalized spacial score (nSPS) is 11.3. The zero-order valence-corrected chi connectivity index (χ0v) is 16.0. The Morgan fingerprint density at radius 3 is 2.68 bits per heavy atom. The van der Waals surface area contributed by atoms with Gasteiger partial charge in [0, 0.05) is 11.5 Å². The van der Waals surface area contributed by atoms with E-state index < -0.39 is 0 Å². The summed E-state index contributed by atoms with van der Waals surface area (Å²) in [6, 6.07) is 12.9. The van der Waals surface area contributed by atoms with E-state index in [4.69, 9.17) is 9.26 Å². The molecule has 0 saturated carbocycles. The summed E-state index contributed by atoms with van der Waals surface area (Å²) in [5, 5.41) is 6.80. The predicted molar refractivity (Wildman–Crippen MR) is 103 cm³/mol. The zero-order chi connectivity index (χ0) is 20.1. The maximum absolute atomic E-state index is 13.1. The second-order valence-corrected chi connectivity index (χ2v) is 7.28. The van der Waals surface area contributed by atoms with Gasteiger partial charge in [-0.2, -0.15) is 4.98 Å². The molecule has 0 radical (unpaired) electrons. The smallest absolute Gasteiger partial charge is 0.258 e. The topological polar surface area (TPSA) is 77.2 Å². The molecule has 0 unspecified atom stereocenters. The van der Waals surface area contributed by atoms with Gasteiger partial charge < -0.3 is 14.6 Å². The highest BCUT2D eigenvalue weighted by atomic mass is 19.1. The summed E-state index contributed by atoms with van der Waals surface area (Å²) < 4.78 is 23.9. The largest absolute Gasteiger partial charge is 0.492 e. The molecule has 0 aliphatic rings. The first-order valence-corrected chi connectivity index (χ1v) is 8.95. The summed E-state index contributed by atoms with van der Waals surface area (Å²) in [4.78, 5) is 17.0. The lowest BCUT2D eigenvalue weighted by Crippen LogP contribution is -2.28. The van der Waals surface area contributed by atoms with Crippen LogP contribution < -0.4 is 10.1 Å². The van der Waals surface area contributed by atoms with Crippen molar-refractivity contribution in [2.75, 3.05) is 13.2 Å². The molecule has 3 rings (SSSR count). The number of carbonyl (C=O) groups excluding carboxylic acids is 1. The van der Waals surface area contributed by atoms with Crippen LogP contribution in [0, 0.1) is 5.82 Å². The van der Waals surface area contributed by atoms with Crippen molar-refractivity contribution in [1.29, 1.82) is 0 Å². The lowest BCUT2D eigenvalue weighted by molar-refractivity contribution is 0.0947. The van der Waals surface area contributed by atoms with Gasteiger partial charge in [0.1, 0.15) is 18.2 Å². The Morgan fingerprint density at radius 1 is 1.18 bits per heavy atom. The van der Waals surface area contributed by atoms with E-state index in [1.807, 2.05) is 20.8 Å². The maximum atomic E-state index is 13.1. The second kappa shape index (κ2) is 8.21. The molecule has 146 valence electrons. The van der Waals surface area contributed by atoms with Gasteiger partial charge in [0.2, 0.25) is 0 Å². The number of carbonyl (C=O) groups is 1. The zero-order valence-electron chi connectivity index (χ0n) is 16.0. The molecule has 0 saturated heterocycles. The Bertz CT molecular complexity index is 963. The van der Waals surface area contributed by atoms with E-state index in [-0.39, 0.29) is 30.3 Å². The van der Waals surface area contributed by atoms with Crippen LogP contribution >= 0.6 is 0 Å². The molecule has 0 aliphatic carbocycles. The highest BCUT2D eigenvalue weighted by Crippen LogP contribution is 2.26. The molecule has 0 spiro atoms. The number of hydrogen-bond acceptors (Lipinski definition) is 5. The number of halogens is 1. The first kappa shape index (κ1) is 19.5. The van der Waals surface area contributed by atoms with Crippen LogP contribution in [0.2, 0.25) is 0 Å². The minimum absolute atomic E-state index is 0.214. The number of amides is 1. The van der Waals surface area contributed by atoms with Crippen LogP contribution in [0.25, 0.3) is 11.5 Å². The lowest BCUT2D eigenvalue weighted by Gasteiger charge is -2.11. The van der Waals surface area contributed by atoms with Crippen molar-refractivity contribution < 1.29 is 18.4 Å². The average Bonchev–Trinajstić information content (AvgIpc) is 3.16. The molecule has 3 aromatic rings. The summed E-state index contributed by atoms with van der Waals surface area (Å²) in [7, 11) is 0. The van der Waals surface area contributed by atoms with E-state index in [2.05, 4.69) is 15.5 Å². The van der Waals surface area contributed by atoms with E-state index in [1.165, 1.54) is 12.1 Å². The molecule has 0 aliphatic heterocycles. The van der Waals surface area contributed by atoms with Crippen LogP contribution in [0.5, 0.6) is 5.75 Å². The maximum Gasteiger partial charge on any atom is 0.258 e. The van der Waals surface area contributed by atoms with Crippen LogP contribution in [-0.4, -0.2) is 29.2 Å². The molecule has 28 heavy (non-hydrogen) atoms. The third-order valence-corrected chi connectivity index (χ3v) is 3.95. The molecule has 6 nitrogen and oxygen atoms in total. The highest BCUT2D eigenvalue weighted by molar-refractivity contribution is 5.99. The molecule has 7 heteroatoms. The Balaban J connectivity index is 1.65. The van der Waals surface area contributed by atoms with Crippen molar-refractivity contribution >= 4 is 5.91 Å². The number of benzene rings is 2. The first-order valence-electron chi connectivity index (χ1n) is 8.95. The minimum Gasteiger partial charge on any atom is -0.492 e. The molecule has 1 N–H and O–H groups in total. The fourth-order valence-electron chi connectivity index (χ4n) is 2.49. The van der Waals surface area contributed by atoms with Crippen molar-refractivity contribution in [2.24, 2.45) is 0 Å². The van der Waals surface area contributed by atoms with E-state index >= 15 is 0 Å². The summed E-state index contributed by atoms with van der Waals surface area (Å²) >= 11 is 0. The van der Waals surface area contributed by atoms with Gasteiger partial charge >= 0.3 is 0 Å². The standard InChI is InChI=1S/C21H22FN3O3/c1-21(2,3)20-24-19(28-25-20)17-10-5-4-9-16(17)18(26)23-11-12-27-15-8-6-7-14(22)13-15/h4-10,13H,11-12H2,1-3H3,(H,23,26). The van der Waals surface area contributed by atoms with Crippen LogP contribution in [0.3, 0.4) is 0 Å². The van der Waals surface area contributed by atoms with Gasteiger partial charge in [-0.3, -0.25) is 4.79 Å². The fourth-order valence-corrected chi connectivity index (χ4v) is 2.49. The van der Waals surface area contributed by atoms with Gasteiger partial charge in [-0.1, -0.05) is 44.1 Å². The number of ether oxygens (including phenoxy) is 1. The second-order valence-electron chi connectivity index (χ2n) is 7.28. The first-order chi connectivity index (χ1) is 13.3. The summed E-state index contributed by atoms with van der Waals surface area (Å²) in [5.74, 6) is 0.627. The third kappa shape index (κ3) is 4.73. The van der Waals surface area contributed by atoms with Gasteiger partial charge in [0.25, 0.3) is 11.8 Å². The Labute approximate surface area is 162 Å². The number of aromatic nitrogens is 2. The van der Waals surface area contributed by atoms with Gasteiger partial charge in [0.05, 0.1) is 17.7 Å². The number of nitrogens with zero attached hydrogens (tertiary/aromatic N) is 2. The minimum atomic E-state index is -0.371. The van der Waals surface area contributed by atoms with Crippen molar-refractivity contribution in [1.82, 2.24) is 15.5 Å². The molecule has 0 fully saturated rings. The van der Waals surface area contributed by atoms with E-state index in [1.54, 1.807) is 36.4 Å². The van der Waals surface area contributed by atoms with Crippen molar-refractivity contribution in [3.05, 3.63) is 65.7 Å². The Kier molecular flexibility index (Phi) is 5.73. The summed E-state index contributed by atoms with van der Waals surface area (Å²) in [6.07, 6.45) is 0. The van der Waals surface area contributed by atoms with E-state index in [9.17, 15) is 9.18 Å². The van der Waals surface area contributed by atoms with Crippen molar-refractivity contribution in [3.63, 3.8) is 0 Å². The van der Waals surface area contributed by atoms with E-state index in [0.29, 0.717) is 28.6 Å². The molecule has 1 amide bonds. The molecule has 1 aromatic heterocycles. The molecule has 2 aromatic carbocycles. The Hall–Kier alpha value is -3.22. The third-order valence-electron chi connectivity index (χ3n) is 3.95. The number of nitrogens with one attached hydrogen (secondary N) is 1.